The minimum absolute atomic E-state index is 0.501. The molecule has 5 rings (SSSR count). The molecule has 0 saturated carbocycles. The molecular formula is C17H18N8O. The molecular weight excluding hydrogens is 332 g/mol. The summed E-state index contributed by atoms with van der Waals surface area (Å²) in [6, 6.07) is 1.97. The average Bonchev–Trinajstić information content (AvgIpc) is 3.15. The van der Waals surface area contributed by atoms with E-state index in [1.54, 1.807) is 4.52 Å². The molecule has 5 heterocycles. The first kappa shape index (κ1) is 15.2. The number of hydrogen-bond acceptors (Lipinski definition) is 7. The van der Waals surface area contributed by atoms with Crippen LogP contribution in [0.4, 0.5) is 11.6 Å². The summed E-state index contributed by atoms with van der Waals surface area (Å²) in [6.07, 6.45) is 5.25. The van der Waals surface area contributed by atoms with Crippen LogP contribution in [0.15, 0.2) is 24.8 Å². The van der Waals surface area contributed by atoms with E-state index in [9.17, 15) is 0 Å². The highest BCUT2D eigenvalue weighted by Crippen LogP contribution is 2.23. The lowest BCUT2D eigenvalue weighted by Crippen LogP contribution is -2.31. The molecule has 132 valence electrons. The summed E-state index contributed by atoms with van der Waals surface area (Å²) in [4.78, 5) is 13.4. The fourth-order valence-corrected chi connectivity index (χ4v) is 3.14. The van der Waals surface area contributed by atoms with Crippen LogP contribution in [0.5, 0.6) is 0 Å². The molecule has 4 aromatic heterocycles. The Morgan fingerprint density at radius 3 is 2.96 bits per heavy atom. The fourth-order valence-electron chi connectivity index (χ4n) is 3.14. The Labute approximate surface area is 149 Å². The molecule has 1 aliphatic heterocycles. The zero-order chi connectivity index (χ0) is 17.7. The summed E-state index contributed by atoms with van der Waals surface area (Å²) < 4.78 is 8.95. The molecule has 1 fully saturated rings. The Bertz CT molecular complexity index is 1110. The molecule has 0 unspecified atom stereocenters. The molecule has 1 saturated heterocycles. The summed E-state index contributed by atoms with van der Waals surface area (Å²) in [5.74, 6) is 1.03. The lowest BCUT2D eigenvalue weighted by atomic mass is 10.1. The van der Waals surface area contributed by atoms with Crippen molar-refractivity contribution < 1.29 is 4.74 Å². The standard InChI is InChI=1S/C17H18N8O/c1-10-3-15-19-9-20-24(15)6-14(10)21-17-18-4-13-11(2)23-25(16(13)22-17)5-12-7-26-8-12/h3-4,6,9,12H,5,7-8H2,1-2H3,(H,18,21,22). The van der Waals surface area contributed by atoms with Gasteiger partial charge in [-0.1, -0.05) is 0 Å². The van der Waals surface area contributed by atoms with Gasteiger partial charge in [-0.3, -0.25) is 0 Å². The maximum atomic E-state index is 5.27. The van der Waals surface area contributed by atoms with Gasteiger partial charge in [0, 0.05) is 12.1 Å². The van der Waals surface area contributed by atoms with Gasteiger partial charge in [0.1, 0.15) is 6.33 Å². The Morgan fingerprint density at radius 2 is 2.15 bits per heavy atom. The third-order valence-corrected chi connectivity index (χ3v) is 4.68. The molecule has 9 heteroatoms. The molecule has 4 aromatic rings. The van der Waals surface area contributed by atoms with Crippen LogP contribution in [0.3, 0.4) is 0 Å². The largest absolute Gasteiger partial charge is 0.381 e. The highest BCUT2D eigenvalue weighted by atomic mass is 16.5. The maximum Gasteiger partial charge on any atom is 0.229 e. The minimum Gasteiger partial charge on any atom is -0.381 e. The van der Waals surface area contributed by atoms with Gasteiger partial charge in [-0.25, -0.2) is 19.2 Å². The first-order valence-electron chi connectivity index (χ1n) is 8.52. The van der Waals surface area contributed by atoms with Gasteiger partial charge < -0.3 is 10.1 Å². The molecule has 26 heavy (non-hydrogen) atoms. The van der Waals surface area contributed by atoms with Crippen molar-refractivity contribution in [3.8, 4) is 0 Å². The molecule has 9 nitrogen and oxygen atoms in total. The molecule has 0 atom stereocenters. The van der Waals surface area contributed by atoms with E-state index in [1.165, 1.54) is 6.33 Å². The lowest BCUT2D eigenvalue weighted by Gasteiger charge is -2.25. The highest BCUT2D eigenvalue weighted by molar-refractivity contribution is 5.78. The van der Waals surface area contributed by atoms with E-state index in [0.717, 1.165) is 53.4 Å². The van der Waals surface area contributed by atoms with Crippen molar-refractivity contribution in [3.05, 3.63) is 36.0 Å². The lowest BCUT2D eigenvalue weighted by molar-refractivity contribution is -0.0404. The number of hydrogen-bond donors (Lipinski definition) is 1. The third-order valence-electron chi connectivity index (χ3n) is 4.68. The molecule has 1 aliphatic rings. The Hall–Kier alpha value is -3.07. The quantitative estimate of drug-likeness (QED) is 0.600. The smallest absolute Gasteiger partial charge is 0.229 e. The molecule has 0 bridgehead atoms. The van der Waals surface area contributed by atoms with Gasteiger partial charge in [-0.15, -0.1) is 0 Å². The number of anilines is 2. The van der Waals surface area contributed by atoms with E-state index in [-0.39, 0.29) is 0 Å². The van der Waals surface area contributed by atoms with Gasteiger partial charge in [-0.2, -0.15) is 15.2 Å². The van der Waals surface area contributed by atoms with Crippen molar-refractivity contribution >= 4 is 28.3 Å². The van der Waals surface area contributed by atoms with Crippen molar-refractivity contribution in [2.45, 2.75) is 20.4 Å². The summed E-state index contributed by atoms with van der Waals surface area (Å²) in [5, 5.41) is 13.1. The number of aromatic nitrogens is 7. The first-order valence-corrected chi connectivity index (χ1v) is 8.52. The predicted molar refractivity (Wildman–Crippen MR) is 95.4 cm³/mol. The van der Waals surface area contributed by atoms with Gasteiger partial charge in [0.25, 0.3) is 0 Å². The number of nitrogens with one attached hydrogen (secondary N) is 1. The molecule has 1 N–H and O–H groups in total. The molecule has 0 aromatic carbocycles. The van der Waals surface area contributed by atoms with Crippen LogP contribution in [0, 0.1) is 19.8 Å². The van der Waals surface area contributed by atoms with E-state index in [2.05, 4.69) is 25.5 Å². The van der Waals surface area contributed by atoms with Crippen molar-refractivity contribution in [2.24, 2.45) is 5.92 Å². The number of pyridine rings is 1. The van der Waals surface area contributed by atoms with Crippen LogP contribution < -0.4 is 5.32 Å². The zero-order valence-corrected chi connectivity index (χ0v) is 14.5. The normalized spacial score (nSPS) is 14.8. The van der Waals surface area contributed by atoms with E-state index in [1.807, 2.05) is 37.0 Å². The van der Waals surface area contributed by atoms with Crippen LogP contribution in [0.1, 0.15) is 11.3 Å². The van der Waals surface area contributed by atoms with Crippen molar-refractivity contribution in [1.29, 1.82) is 0 Å². The van der Waals surface area contributed by atoms with Gasteiger partial charge in [0.15, 0.2) is 11.3 Å². The van der Waals surface area contributed by atoms with Crippen LogP contribution >= 0.6 is 0 Å². The van der Waals surface area contributed by atoms with Crippen LogP contribution in [0.25, 0.3) is 16.7 Å². The number of rotatable bonds is 4. The minimum atomic E-state index is 0.501. The second kappa shape index (κ2) is 5.73. The second-order valence-electron chi connectivity index (χ2n) is 6.66. The number of fused-ring (bicyclic) bond motifs is 2. The predicted octanol–water partition coefficient (Wildman–Crippen LogP) is 1.88. The van der Waals surface area contributed by atoms with Crippen LogP contribution in [0.2, 0.25) is 0 Å². The van der Waals surface area contributed by atoms with E-state index in [0.29, 0.717) is 11.9 Å². The molecule has 0 aliphatic carbocycles. The molecule has 0 spiro atoms. The number of aryl methyl sites for hydroxylation is 2. The molecule has 0 radical (unpaired) electrons. The van der Waals surface area contributed by atoms with Crippen LogP contribution in [-0.4, -0.2) is 47.6 Å². The summed E-state index contributed by atoms with van der Waals surface area (Å²) in [7, 11) is 0. The van der Waals surface area contributed by atoms with Crippen LogP contribution in [-0.2, 0) is 11.3 Å². The fraction of sp³-hybridized carbons (Fsp3) is 0.353. The Kier molecular flexibility index (Phi) is 3.35. The number of ether oxygens (including phenoxy) is 1. The van der Waals surface area contributed by atoms with E-state index < -0.39 is 0 Å². The van der Waals surface area contributed by atoms with Crippen molar-refractivity contribution in [2.75, 3.05) is 18.5 Å². The summed E-state index contributed by atoms with van der Waals surface area (Å²) in [5.41, 5.74) is 4.52. The second-order valence-corrected chi connectivity index (χ2v) is 6.66. The Balaban J connectivity index is 1.51. The van der Waals surface area contributed by atoms with Gasteiger partial charge in [-0.05, 0) is 25.5 Å². The van der Waals surface area contributed by atoms with Crippen molar-refractivity contribution in [1.82, 2.24) is 34.3 Å². The monoisotopic (exact) mass is 350 g/mol. The third kappa shape index (κ3) is 2.48. The number of nitrogens with zero attached hydrogens (tertiary/aromatic N) is 7. The van der Waals surface area contributed by atoms with Gasteiger partial charge >= 0.3 is 0 Å². The topological polar surface area (TPSA) is 95.1 Å². The van der Waals surface area contributed by atoms with Gasteiger partial charge in [0.05, 0.1) is 42.7 Å². The summed E-state index contributed by atoms with van der Waals surface area (Å²) >= 11 is 0. The highest BCUT2D eigenvalue weighted by Gasteiger charge is 2.21. The van der Waals surface area contributed by atoms with E-state index in [4.69, 9.17) is 9.72 Å². The van der Waals surface area contributed by atoms with Crippen molar-refractivity contribution in [3.63, 3.8) is 0 Å². The summed E-state index contributed by atoms with van der Waals surface area (Å²) in [6.45, 7) is 6.38. The van der Waals surface area contributed by atoms with E-state index >= 15 is 0 Å². The van der Waals surface area contributed by atoms with Gasteiger partial charge in [0.2, 0.25) is 5.95 Å². The average molecular weight is 350 g/mol. The molecule has 0 amide bonds. The maximum absolute atomic E-state index is 5.27. The SMILES string of the molecule is Cc1cc2ncnn2cc1Nc1ncc2c(C)nn(CC3COC3)c2n1. The zero-order valence-electron chi connectivity index (χ0n) is 14.5. The first-order chi connectivity index (χ1) is 12.7. The Morgan fingerprint density at radius 1 is 1.27 bits per heavy atom.